The van der Waals surface area contributed by atoms with Crippen LogP contribution in [0.15, 0.2) is 52.9 Å². The van der Waals surface area contributed by atoms with E-state index in [2.05, 4.69) is 20.8 Å². The van der Waals surface area contributed by atoms with Gasteiger partial charge in [-0.15, -0.1) is 10.2 Å². The van der Waals surface area contributed by atoms with Crippen LogP contribution < -0.4 is 20.1 Å². The molecule has 7 nitrogen and oxygen atoms in total. The monoisotopic (exact) mass is 416 g/mol. The lowest BCUT2D eigenvalue weighted by molar-refractivity contribution is -0.113. The van der Waals surface area contributed by atoms with E-state index in [0.29, 0.717) is 23.7 Å². The minimum Gasteiger partial charge on any atom is -0.497 e. The van der Waals surface area contributed by atoms with Gasteiger partial charge < -0.3 is 20.1 Å². The van der Waals surface area contributed by atoms with E-state index in [9.17, 15) is 4.79 Å². The summed E-state index contributed by atoms with van der Waals surface area (Å²) in [4.78, 5) is 12.3. The Morgan fingerprint density at radius 3 is 2.68 bits per heavy atom. The standard InChI is InChI=1S/C19H20N4O3S2/c1-25-14-8-9-16(26-2)15(10-14)21-17(24)12-27-19-23-22-18(28-19)20-11-13-6-4-3-5-7-13/h3-10H,11-12H2,1-2H3,(H,20,22)(H,21,24). The first-order valence-electron chi connectivity index (χ1n) is 8.44. The van der Waals surface area contributed by atoms with Crippen molar-refractivity contribution < 1.29 is 14.3 Å². The molecule has 1 heterocycles. The Hall–Kier alpha value is -2.78. The number of nitrogens with zero attached hydrogens (tertiary/aromatic N) is 2. The molecule has 1 amide bonds. The van der Waals surface area contributed by atoms with E-state index in [1.54, 1.807) is 32.4 Å². The van der Waals surface area contributed by atoms with Crippen LogP contribution in [0.3, 0.4) is 0 Å². The Labute approximate surface area is 171 Å². The number of amides is 1. The van der Waals surface area contributed by atoms with Crippen LogP contribution in [0, 0.1) is 0 Å². The van der Waals surface area contributed by atoms with Gasteiger partial charge in [0.15, 0.2) is 4.34 Å². The summed E-state index contributed by atoms with van der Waals surface area (Å²) in [6.45, 7) is 0.677. The van der Waals surface area contributed by atoms with Gasteiger partial charge in [-0.3, -0.25) is 4.79 Å². The number of nitrogens with one attached hydrogen (secondary N) is 2. The Morgan fingerprint density at radius 2 is 1.93 bits per heavy atom. The minimum atomic E-state index is -0.162. The number of rotatable bonds is 9. The van der Waals surface area contributed by atoms with Gasteiger partial charge in [0.1, 0.15) is 11.5 Å². The van der Waals surface area contributed by atoms with E-state index in [4.69, 9.17) is 9.47 Å². The second-order valence-electron chi connectivity index (χ2n) is 5.62. The highest BCUT2D eigenvalue weighted by molar-refractivity contribution is 8.01. The van der Waals surface area contributed by atoms with Crippen molar-refractivity contribution in [3.05, 3.63) is 54.1 Å². The van der Waals surface area contributed by atoms with E-state index in [1.807, 2.05) is 30.3 Å². The van der Waals surface area contributed by atoms with Crippen LogP contribution in [0.25, 0.3) is 0 Å². The highest BCUT2D eigenvalue weighted by Gasteiger charge is 2.12. The molecule has 0 bridgehead atoms. The van der Waals surface area contributed by atoms with Crippen molar-refractivity contribution in [1.82, 2.24) is 10.2 Å². The molecule has 0 aliphatic heterocycles. The maximum Gasteiger partial charge on any atom is 0.234 e. The number of ether oxygens (including phenoxy) is 2. The van der Waals surface area contributed by atoms with Crippen LogP contribution in [0.5, 0.6) is 11.5 Å². The van der Waals surface area contributed by atoms with Gasteiger partial charge in [-0.05, 0) is 17.7 Å². The number of hydrogen-bond acceptors (Lipinski definition) is 8. The van der Waals surface area contributed by atoms with Crippen molar-refractivity contribution in [3.8, 4) is 11.5 Å². The number of carbonyl (C=O) groups is 1. The number of aromatic nitrogens is 2. The molecule has 0 fully saturated rings. The first-order valence-corrected chi connectivity index (χ1v) is 10.2. The van der Waals surface area contributed by atoms with Crippen molar-refractivity contribution in [2.45, 2.75) is 10.9 Å². The summed E-state index contributed by atoms with van der Waals surface area (Å²) in [5, 5.41) is 15.0. The molecule has 146 valence electrons. The van der Waals surface area contributed by atoms with E-state index in [0.717, 1.165) is 9.47 Å². The smallest absolute Gasteiger partial charge is 0.234 e. The molecule has 1 aromatic heterocycles. The van der Waals surface area contributed by atoms with Gasteiger partial charge in [0, 0.05) is 12.6 Å². The van der Waals surface area contributed by atoms with Gasteiger partial charge in [-0.1, -0.05) is 53.4 Å². The van der Waals surface area contributed by atoms with E-state index in [-0.39, 0.29) is 11.7 Å². The molecule has 28 heavy (non-hydrogen) atoms. The molecule has 0 saturated carbocycles. The molecule has 3 rings (SSSR count). The highest BCUT2D eigenvalue weighted by atomic mass is 32.2. The minimum absolute atomic E-state index is 0.162. The van der Waals surface area contributed by atoms with Crippen LogP contribution in [-0.4, -0.2) is 36.1 Å². The normalized spacial score (nSPS) is 10.4. The maximum absolute atomic E-state index is 12.3. The third-order valence-electron chi connectivity index (χ3n) is 3.70. The summed E-state index contributed by atoms with van der Waals surface area (Å²) in [7, 11) is 3.12. The lowest BCUT2D eigenvalue weighted by atomic mass is 10.2. The van der Waals surface area contributed by atoms with Gasteiger partial charge in [-0.2, -0.15) is 0 Å². The van der Waals surface area contributed by atoms with Crippen LogP contribution in [0.4, 0.5) is 10.8 Å². The summed E-state index contributed by atoms with van der Waals surface area (Å²) in [6.07, 6.45) is 0. The second-order valence-corrected chi connectivity index (χ2v) is 7.82. The number of methoxy groups -OCH3 is 2. The van der Waals surface area contributed by atoms with Crippen LogP contribution >= 0.6 is 23.1 Å². The molecule has 0 aliphatic rings. The molecule has 3 aromatic rings. The number of carbonyl (C=O) groups excluding carboxylic acids is 1. The molecule has 9 heteroatoms. The molecule has 0 unspecified atom stereocenters. The molecule has 2 aromatic carbocycles. The molecule has 2 N–H and O–H groups in total. The largest absolute Gasteiger partial charge is 0.497 e. The average molecular weight is 417 g/mol. The van der Waals surface area contributed by atoms with Crippen molar-refractivity contribution in [3.63, 3.8) is 0 Å². The van der Waals surface area contributed by atoms with Gasteiger partial charge >= 0.3 is 0 Å². The molecule has 0 radical (unpaired) electrons. The zero-order valence-corrected chi connectivity index (χ0v) is 17.1. The fourth-order valence-corrected chi connectivity index (χ4v) is 3.89. The van der Waals surface area contributed by atoms with Crippen molar-refractivity contribution in [2.24, 2.45) is 0 Å². The Kier molecular flexibility index (Phi) is 7.10. The predicted molar refractivity (Wildman–Crippen MR) is 113 cm³/mol. The summed E-state index contributed by atoms with van der Waals surface area (Å²) in [5.41, 5.74) is 1.73. The lowest BCUT2D eigenvalue weighted by Crippen LogP contribution is -2.14. The van der Waals surface area contributed by atoms with Gasteiger partial charge in [0.25, 0.3) is 0 Å². The summed E-state index contributed by atoms with van der Waals surface area (Å²) >= 11 is 2.75. The number of hydrogen-bond donors (Lipinski definition) is 2. The van der Waals surface area contributed by atoms with E-state index >= 15 is 0 Å². The van der Waals surface area contributed by atoms with Crippen molar-refractivity contribution in [1.29, 1.82) is 0 Å². The molecular formula is C19H20N4O3S2. The lowest BCUT2D eigenvalue weighted by Gasteiger charge is -2.11. The Morgan fingerprint density at radius 1 is 1.11 bits per heavy atom. The van der Waals surface area contributed by atoms with Gasteiger partial charge in [0.2, 0.25) is 11.0 Å². The quantitative estimate of drug-likeness (QED) is 0.512. The summed E-state index contributed by atoms with van der Waals surface area (Å²) < 4.78 is 11.2. The second kappa shape index (κ2) is 9.95. The van der Waals surface area contributed by atoms with Crippen LogP contribution in [0.2, 0.25) is 0 Å². The average Bonchev–Trinajstić information content (AvgIpc) is 3.19. The third kappa shape index (κ3) is 5.61. The van der Waals surface area contributed by atoms with Gasteiger partial charge in [-0.25, -0.2) is 0 Å². The fraction of sp³-hybridized carbons (Fsp3) is 0.211. The van der Waals surface area contributed by atoms with Crippen LogP contribution in [0.1, 0.15) is 5.56 Å². The van der Waals surface area contributed by atoms with E-state index in [1.165, 1.54) is 28.7 Å². The fourth-order valence-electron chi connectivity index (χ4n) is 2.34. The molecule has 0 spiro atoms. The Balaban J connectivity index is 1.50. The SMILES string of the molecule is COc1ccc(OC)c(NC(=O)CSc2nnc(NCc3ccccc3)s2)c1. The van der Waals surface area contributed by atoms with Crippen molar-refractivity contribution in [2.75, 3.05) is 30.6 Å². The highest BCUT2D eigenvalue weighted by Crippen LogP contribution is 2.30. The molecule has 0 atom stereocenters. The zero-order valence-electron chi connectivity index (χ0n) is 15.5. The Bertz CT molecular complexity index is 919. The number of anilines is 2. The first-order chi connectivity index (χ1) is 13.7. The zero-order chi connectivity index (χ0) is 19.8. The topological polar surface area (TPSA) is 85.4 Å². The maximum atomic E-state index is 12.3. The van der Waals surface area contributed by atoms with Gasteiger partial charge in [0.05, 0.1) is 25.7 Å². The van der Waals surface area contributed by atoms with Crippen LogP contribution in [-0.2, 0) is 11.3 Å². The van der Waals surface area contributed by atoms with Crippen molar-refractivity contribution >= 4 is 39.8 Å². The van der Waals surface area contributed by atoms with E-state index < -0.39 is 0 Å². The first kappa shape index (κ1) is 20.0. The predicted octanol–water partition coefficient (Wildman–Crippen LogP) is 3.90. The third-order valence-corrected chi connectivity index (χ3v) is 5.71. The summed E-state index contributed by atoms with van der Waals surface area (Å²) in [5.74, 6) is 1.27. The molecule has 0 saturated heterocycles. The number of thioether (sulfide) groups is 1. The molecular weight excluding hydrogens is 396 g/mol. The molecule has 0 aliphatic carbocycles. The summed E-state index contributed by atoms with van der Waals surface area (Å²) in [6, 6.07) is 15.3. The number of benzene rings is 2.